The van der Waals surface area contributed by atoms with E-state index in [1.165, 1.54) is 12.3 Å². The number of pyridine rings is 1. The fourth-order valence-corrected chi connectivity index (χ4v) is 7.42. The predicted molar refractivity (Wildman–Crippen MR) is 163 cm³/mol. The first-order valence-electron chi connectivity index (χ1n) is 15.4. The Balaban J connectivity index is 1.26. The number of rotatable bonds is 6. The van der Waals surface area contributed by atoms with Gasteiger partial charge in [-0.1, -0.05) is 30.3 Å². The van der Waals surface area contributed by atoms with Crippen LogP contribution in [0.1, 0.15) is 48.3 Å². The summed E-state index contributed by atoms with van der Waals surface area (Å²) >= 11 is 0. The van der Waals surface area contributed by atoms with Gasteiger partial charge in [0.1, 0.15) is 29.5 Å². The molecule has 2 fully saturated rings. The number of anilines is 1. The van der Waals surface area contributed by atoms with E-state index in [2.05, 4.69) is 20.0 Å². The zero-order chi connectivity index (χ0) is 30.7. The molecule has 12 heteroatoms. The first kappa shape index (κ1) is 27.8. The van der Waals surface area contributed by atoms with E-state index in [0.717, 1.165) is 38.8 Å². The van der Waals surface area contributed by atoms with Crippen LogP contribution < -0.4 is 9.64 Å². The highest BCUT2D eigenvalue weighted by Gasteiger charge is 2.45. The molecule has 2 saturated heterocycles. The monoisotopic (exact) mass is 611 g/mol. The molecule has 5 aromatic rings. The number of hydrogen-bond acceptors (Lipinski definition) is 8. The lowest BCUT2D eigenvalue weighted by atomic mass is 9.95. The van der Waals surface area contributed by atoms with Gasteiger partial charge in [-0.3, -0.25) is 14.6 Å². The predicted octanol–water partition coefficient (Wildman–Crippen LogP) is 5.44. The Hall–Kier alpha value is -4.71. The summed E-state index contributed by atoms with van der Waals surface area (Å²) in [5.41, 5.74) is 0.971. The van der Waals surface area contributed by atoms with Crippen LogP contribution in [0.2, 0.25) is 0 Å². The minimum absolute atomic E-state index is 0.00908. The summed E-state index contributed by atoms with van der Waals surface area (Å²) in [7, 11) is 0. The summed E-state index contributed by atoms with van der Waals surface area (Å²) < 4.78 is 39.8. The van der Waals surface area contributed by atoms with Crippen molar-refractivity contribution in [2.24, 2.45) is 0 Å². The highest BCUT2D eigenvalue weighted by atomic mass is 19.1. The van der Waals surface area contributed by atoms with Crippen molar-refractivity contribution in [3.63, 3.8) is 0 Å². The van der Waals surface area contributed by atoms with Gasteiger partial charge in [-0.15, -0.1) is 0 Å². The molecule has 1 N–H and O–H groups in total. The van der Waals surface area contributed by atoms with E-state index in [-0.39, 0.29) is 33.8 Å². The molecular weight excluding hydrogens is 580 g/mol. The van der Waals surface area contributed by atoms with Gasteiger partial charge in [0.15, 0.2) is 11.5 Å². The van der Waals surface area contributed by atoms with Crippen LogP contribution in [0.4, 0.5) is 14.6 Å². The van der Waals surface area contributed by atoms with Gasteiger partial charge in [0.2, 0.25) is 0 Å². The van der Waals surface area contributed by atoms with E-state index in [9.17, 15) is 9.90 Å². The van der Waals surface area contributed by atoms with E-state index in [4.69, 9.17) is 9.72 Å². The molecule has 0 amide bonds. The third-order valence-electron chi connectivity index (χ3n) is 9.57. The number of benzene rings is 2. The maximum absolute atomic E-state index is 16.7. The summed E-state index contributed by atoms with van der Waals surface area (Å²) in [5, 5.41) is 15.1. The molecule has 0 unspecified atom stereocenters. The minimum atomic E-state index is -1.10. The van der Waals surface area contributed by atoms with Crippen LogP contribution in [0.25, 0.3) is 32.9 Å². The van der Waals surface area contributed by atoms with Gasteiger partial charge in [-0.2, -0.15) is 15.1 Å². The zero-order valence-electron chi connectivity index (χ0n) is 24.5. The first-order chi connectivity index (χ1) is 21.9. The molecule has 3 aliphatic rings. The zero-order valence-corrected chi connectivity index (χ0v) is 24.5. The number of carboxylic acid groups (broad SMARTS) is 1. The van der Waals surface area contributed by atoms with Crippen molar-refractivity contribution < 1.29 is 23.4 Å². The lowest BCUT2D eigenvalue weighted by Gasteiger charge is -2.31. The van der Waals surface area contributed by atoms with Gasteiger partial charge in [-0.05, 0) is 62.7 Å². The quantitative estimate of drug-likeness (QED) is 0.269. The van der Waals surface area contributed by atoms with Crippen LogP contribution in [0, 0.1) is 11.6 Å². The highest BCUT2D eigenvalue weighted by molar-refractivity contribution is 5.99. The number of halogens is 2. The number of hydrogen-bond donors (Lipinski definition) is 1. The standard InChI is InChI=1S/C33H31F2N7O3/c34-24-9-2-7-20-6-1-8-22(26(20)24)28-27(35)29-23(17-36-28)30(40-12-5-15-42-21(18-40)16-25(39-42)31(43)44)38-32(37-29)45-19-33-10-3-13-41(33)14-4-11-33/h1-2,6-9,16-17H,3-5,10-15,18-19H2,(H,43,44). The van der Waals surface area contributed by atoms with Crippen molar-refractivity contribution in [2.75, 3.05) is 31.1 Å². The molecule has 0 spiro atoms. The Morgan fingerprint density at radius 1 is 1.00 bits per heavy atom. The summed E-state index contributed by atoms with van der Waals surface area (Å²) in [6.45, 7) is 3.89. The molecule has 230 valence electrons. The van der Waals surface area contributed by atoms with Gasteiger partial charge >= 0.3 is 12.0 Å². The molecule has 2 aromatic carbocycles. The molecule has 3 aliphatic heterocycles. The van der Waals surface area contributed by atoms with Crippen molar-refractivity contribution >= 4 is 33.5 Å². The van der Waals surface area contributed by atoms with Crippen LogP contribution in [-0.2, 0) is 13.1 Å². The lowest BCUT2D eigenvalue weighted by molar-refractivity contribution is 0.0689. The molecule has 0 aliphatic carbocycles. The Morgan fingerprint density at radius 3 is 2.60 bits per heavy atom. The number of nitrogens with zero attached hydrogens (tertiary/aromatic N) is 7. The Morgan fingerprint density at radius 2 is 1.80 bits per heavy atom. The fraction of sp³-hybridized carbons (Fsp3) is 0.364. The molecule has 10 nitrogen and oxygen atoms in total. The number of fused-ring (bicyclic) bond motifs is 4. The van der Waals surface area contributed by atoms with Crippen molar-refractivity contribution in [1.82, 2.24) is 29.6 Å². The molecule has 8 rings (SSSR count). The second-order valence-corrected chi connectivity index (χ2v) is 12.2. The molecule has 45 heavy (non-hydrogen) atoms. The minimum Gasteiger partial charge on any atom is -0.476 e. The van der Waals surface area contributed by atoms with Crippen molar-refractivity contribution in [3.05, 3.63) is 71.7 Å². The Bertz CT molecular complexity index is 1960. The van der Waals surface area contributed by atoms with Crippen molar-refractivity contribution in [1.29, 1.82) is 0 Å². The fourth-order valence-electron chi connectivity index (χ4n) is 7.42. The number of aryl methyl sites for hydroxylation is 1. The number of carbonyl (C=O) groups is 1. The second-order valence-electron chi connectivity index (χ2n) is 12.2. The lowest BCUT2D eigenvalue weighted by Crippen LogP contribution is -2.43. The number of aromatic nitrogens is 5. The van der Waals surface area contributed by atoms with E-state index in [0.29, 0.717) is 60.5 Å². The van der Waals surface area contributed by atoms with Crippen LogP contribution in [0.15, 0.2) is 48.7 Å². The Kier molecular flexibility index (Phi) is 6.63. The van der Waals surface area contributed by atoms with Crippen molar-refractivity contribution in [3.8, 4) is 17.3 Å². The SMILES string of the molecule is O=C(O)c1cc2n(n1)CCCN(c1nc(OCC34CCCN3CCC4)nc3c(F)c(-c4cccc5cccc(F)c45)ncc13)C2. The van der Waals surface area contributed by atoms with E-state index in [1.807, 2.05) is 4.90 Å². The number of aromatic carboxylic acids is 1. The largest absolute Gasteiger partial charge is 0.476 e. The highest BCUT2D eigenvalue weighted by Crippen LogP contribution is 2.40. The van der Waals surface area contributed by atoms with E-state index in [1.54, 1.807) is 41.1 Å². The smallest absolute Gasteiger partial charge is 0.356 e. The first-order valence-corrected chi connectivity index (χ1v) is 15.4. The van der Waals surface area contributed by atoms with Crippen LogP contribution in [0.5, 0.6) is 6.01 Å². The summed E-state index contributed by atoms with van der Waals surface area (Å²) in [6.07, 6.45) is 6.48. The van der Waals surface area contributed by atoms with E-state index < -0.39 is 17.6 Å². The molecule has 0 radical (unpaired) electrons. The third-order valence-corrected chi connectivity index (χ3v) is 9.57. The van der Waals surface area contributed by atoms with Crippen molar-refractivity contribution in [2.45, 2.75) is 50.7 Å². The van der Waals surface area contributed by atoms with Crippen LogP contribution in [-0.4, -0.2) is 72.5 Å². The molecule has 0 bridgehead atoms. The maximum Gasteiger partial charge on any atom is 0.356 e. The molecule has 3 aromatic heterocycles. The van der Waals surface area contributed by atoms with Gasteiger partial charge in [0, 0.05) is 30.2 Å². The van der Waals surface area contributed by atoms with E-state index >= 15 is 8.78 Å². The average molecular weight is 612 g/mol. The number of carboxylic acids is 1. The molecule has 0 atom stereocenters. The Labute approximate surface area is 257 Å². The third kappa shape index (κ3) is 4.66. The van der Waals surface area contributed by atoms with Gasteiger partial charge in [0.25, 0.3) is 0 Å². The van der Waals surface area contributed by atoms with Gasteiger partial charge in [0.05, 0.1) is 23.2 Å². The normalized spacial score (nSPS) is 17.9. The second kappa shape index (κ2) is 10.7. The van der Waals surface area contributed by atoms with Crippen LogP contribution in [0.3, 0.4) is 0 Å². The summed E-state index contributed by atoms with van der Waals surface area (Å²) in [5.74, 6) is -1.81. The number of ether oxygens (including phenoxy) is 1. The average Bonchev–Trinajstić information content (AvgIpc) is 3.71. The summed E-state index contributed by atoms with van der Waals surface area (Å²) in [6, 6.07) is 11.6. The molecule has 6 heterocycles. The molecular formula is C33H31F2N7O3. The van der Waals surface area contributed by atoms with Gasteiger partial charge < -0.3 is 14.7 Å². The molecule has 0 saturated carbocycles. The van der Waals surface area contributed by atoms with Crippen LogP contribution >= 0.6 is 0 Å². The van der Waals surface area contributed by atoms with Gasteiger partial charge in [-0.25, -0.2) is 13.6 Å². The topological polar surface area (TPSA) is 110 Å². The maximum atomic E-state index is 16.7. The summed E-state index contributed by atoms with van der Waals surface area (Å²) in [4.78, 5) is 30.0.